The van der Waals surface area contributed by atoms with Crippen molar-refractivity contribution in [2.24, 2.45) is 11.7 Å². The first-order valence-electron chi connectivity index (χ1n) is 5.94. The van der Waals surface area contributed by atoms with Crippen molar-refractivity contribution in [1.82, 2.24) is 0 Å². The molecule has 1 aliphatic rings. The van der Waals surface area contributed by atoms with Crippen LogP contribution in [0.1, 0.15) is 30.9 Å². The van der Waals surface area contributed by atoms with Crippen LogP contribution < -0.4 is 10.5 Å². The van der Waals surface area contributed by atoms with Gasteiger partial charge < -0.3 is 20.7 Å². The van der Waals surface area contributed by atoms with Crippen LogP contribution in [0.15, 0.2) is 18.2 Å². The third-order valence-corrected chi connectivity index (χ3v) is 3.59. The van der Waals surface area contributed by atoms with Gasteiger partial charge in [0.05, 0.1) is 19.3 Å². The molecule has 4 nitrogen and oxygen atoms in total. The summed E-state index contributed by atoms with van der Waals surface area (Å²) in [7, 11) is 1.56. The Morgan fingerprint density at radius 1 is 1.39 bits per heavy atom. The zero-order valence-electron chi connectivity index (χ0n) is 10.4. The van der Waals surface area contributed by atoms with E-state index in [1.807, 2.05) is 0 Å². The Hall–Kier alpha value is -0.970. The number of hydrogen-bond donors (Lipinski definition) is 3. The predicted molar refractivity (Wildman–Crippen MR) is 72.2 cm³/mol. The van der Waals surface area contributed by atoms with Gasteiger partial charge in [-0.1, -0.05) is 6.42 Å². The second-order valence-electron chi connectivity index (χ2n) is 4.63. The molecular weight excluding hydrogens is 254 g/mol. The maximum atomic E-state index is 10.1. The molecule has 1 saturated carbocycles. The first kappa shape index (κ1) is 15.1. The van der Waals surface area contributed by atoms with E-state index in [1.165, 1.54) is 0 Å². The minimum Gasteiger partial charge on any atom is -0.508 e. The molecule has 2 atom stereocenters. The number of benzene rings is 1. The van der Waals surface area contributed by atoms with Crippen molar-refractivity contribution < 1.29 is 14.9 Å². The van der Waals surface area contributed by atoms with E-state index >= 15 is 0 Å². The van der Waals surface area contributed by atoms with Crippen LogP contribution in [0.3, 0.4) is 0 Å². The molecule has 0 heterocycles. The smallest absolute Gasteiger partial charge is 0.120 e. The summed E-state index contributed by atoms with van der Waals surface area (Å²) < 4.78 is 5.09. The number of rotatable bonds is 4. The predicted octanol–water partition coefficient (Wildman–Crippen LogP) is 1.98. The van der Waals surface area contributed by atoms with E-state index in [4.69, 9.17) is 10.5 Å². The highest BCUT2D eigenvalue weighted by Crippen LogP contribution is 2.37. The van der Waals surface area contributed by atoms with E-state index in [-0.39, 0.29) is 24.1 Å². The number of aliphatic hydroxyl groups excluding tert-OH is 1. The molecule has 0 bridgehead atoms. The zero-order chi connectivity index (χ0) is 12.4. The van der Waals surface area contributed by atoms with E-state index in [0.717, 1.165) is 19.3 Å². The Kier molecular flexibility index (Phi) is 5.26. The number of aliphatic hydroxyl groups is 1. The van der Waals surface area contributed by atoms with Crippen molar-refractivity contribution in [3.8, 4) is 11.5 Å². The van der Waals surface area contributed by atoms with Gasteiger partial charge >= 0.3 is 0 Å². The second kappa shape index (κ2) is 6.27. The number of halogens is 1. The lowest BCUT2D eigenvalue weighted by Crippen LogP contribution is -2.36. The number of methoxy groups -OCH3 is 1. The molecule has 0 unspecified atom stereocenters. The highest BCUT2D eigenvalue weighted by atomic mass is 35.5. The Balaban J connectivity index is 0.00000162. The van der Waals surface area contributed by atoms with E-state index in [2.05, 4.69) is 0 Å². The van der Waals surface area contributed by atoms with Gasteiger partial charge in [-0.25, -0.2) is 0 Å². The van der Waals surface area contributed by atoms with Crippen molar-refractivity contribution in [2.75, 3.05) is 7.11 Å². The summed E-state index contributed by atoms with van der Waals surface area (Å²) >= 11 is 0. The van der Waals surface area contributed by atoms with Gasteiger partial charge in [0, 0.05) is 5.56 Å². The molecule has 1 fully saturated rings. The molecule has 18 heavy (non-hydrogen) atoms. The summed E-state index contributed by atoms with van der Waals surface area (Å²) in [6.07, 6.45) is 2.58. The number of aromatic hydroxyl groups is 1. The molecular formula is C13H20ClNO3. The molecule has 1 aromatic carbocycles. The lowest BCUT2D eigenvalue weighted by molar-refractivity contribution is 0.0407. The fraction of sp³-hybridized carbons (Fsp3) is 0.538. The molecule has 0 aromatic heterocycles. The minimum absolute atomic E-state index is 0. The summed E-state index contributed by atoms with van der Waals surface area (Å²) in [5.41, 5.74) is 6.55. The van der Waals surface area contributed by atoms with Gasteiger partial charge in [-0.05, 0) is 37.0 Å². The van der Waals surface area contributed by atoms with Crippen LogP contribution in [-0.4, -0.2) is 23.4 Å². The topological polar surface area (TPSA) is 75.7 Å². The summed E-state index contributed by atoms with van der Waals surface area (Å²) in [4.78, 5) is 0. The third kappa shape index (κ3) is 2.88. The molecule has 0 amide bonds. The van der Waals surface area contributed by atoms with Gasteiger partial charge in [0.25, 0.3) is 0 Å². The van der Waals surface area contributed by atoms with Crippen LogP contribution in [-0.2, 0) is 0 Å². The third-order valence-electron chi connectivity index (χ3n) is 3.59. The second-order valence-corrected chi connectivity index (χ2v) is 4.63. The average Bonchev–Trinajstić information content (AvgIpc) is 2.26. The Labute approximate surface area is 113 Å². The molecule has 4 N–H and O–H groups in total. The first-order chi connectivity index (χ1) is 8.13. The monoisotopic (exact) mass is 273 g/mol. The van der Waals surface area contributed by atoms with E-state index in [9.17, 15) is 10.2 Å². The number of hydrogen-bond acceptors (Lipinski definition) is 4. The Morgan fingerprint density at radius 3 is 2.56 bits per heavy atom. The fourth-order valence-electron chi connectivity index (χ4n) is 2.19. The number of phenolic OH excluding ortho intramolecular Hbond substituents is 1. The summed E-state index contributed by atoms with van der Waals surface area (Å²) in [6.45, 7) is 0. The average molecular weight is 274 g/mol. The highest BCUT2D eigenvalue weighted by molar-refractivity contribution is 5.85. The van der Waals surface area contributed by atoms with Crippen LogP contribution in [0, 0.1) is 5.92 Å². The maximum Gasteiger partial charge on any atom is 0.120 e. The van der Waals surface area contributed by atoms with E-state index in [1.54, 1.807) is 25.3 Å². The van der Waals surface area contributed by atoms with Gasteiger partial charge in [-0.15, -0.1) is 12.4 Å². The van der Waals surface area contributed by atoms with Gasteiger partial charge in [0.1, 0.15) is 11.5 Å². The standard InChI is InChI=1S/C13H19NO3.ClH/c1-17-9-5-6-11(15)10(7-9)12(14)13(16)8-3-2-4-8;/h5-8,12-13,15-16H,2-4,14H2,1H3;1H/t12-,13+;/m1./s1. The lowest BCUT2D eigenvalue weighted by atomic mass is 9.77. The van der Waals surface area contributed by atoms with Crippen LogP contribution in [0.25, 0.3) is 0 Å². The fourth-order valence-corrected chi connectivity index (χ4v) is 2.19. The number of nitrogens with two attached hydrogens (primary N) is 1. The normalized spacial score (nSPS) is 18.4. The van der Waals surface area contributed by atoms with Gasteiger partial charge in [-0.2, -0.15) is 0 Å². The molecule has 0 radical (unpaired) electrons. The van der Waals surface area contributed by atoms with Crippen molar-refractivity contribution in [2.45, 2.75) is 31.4 Å². The highest BCUT2D eigenvalue weighted by Gasteiger charge is 2.31. The molecule has 0 aliphatic heterocycles. The molecule has 0 saturated heterocycles. The summed E-state index contributed by atoms with van der Waals surface area (Å²) in [5, 5.41) is 19.9. The first-order valence-corrected chi connectivity index (χ1v) is 5.94. The quantitative estimate of drug-likeness (QED) is 0.784. The number of phenols is 1. The Morgan fingerprint density at radius 2 is 2.06 bits per heavy atom. The van der Waals surface area contributed by atoms with Gasteiger partial charge in [0.15, 0.2) is 0 Å². The van der Waals surface area contributed by atoms with Crippen molar-refractivity contribution >= 4 is 12.4 Å². The lowest BCUT2D eigenvalue weighted by Gasteiger charge is -2.34. The van der Waals surface area contributed by atoms with Gasteiger partial charge in [0.2, 0.25) is 0 Å². The van der Waals surface area contributed by atoms with Crippen molar-refractivity contribution in [3.63, 3.8) is 0 Å². The Bertz CT molecular complexity index is 396. The van der Waals surface area contributed by atoms with Crippen molar-refractivity contribution in [1.29, 1.82) is 0 Å². The molecule has 5 heteroatoms. The minimum atomic E-state index is -0.596. The maximum absolute atomic E-state index is 10.1. The van der Waals surface area contributed by atoms with Crippen LogP contribution >= 0.6 is 12.4 Å². The van der Waals surface area contributed by atoms with Gasteiger partial charge in [-0.3, -0.25) is 0 Å². The molecule has 1 aromatic rings. The van der Waals surface area contributed by atoms with E-state index < -0.39 is 12.1 Å². The summed E-state index contributed by atoms with van der Waals surface area (Å²) in [6, 6.07) is 4.33. The number of ether oxygens (including phenoxy) is 1. The van der Waals surface area contributed by atoms with E-state index in [0.29, 0.717) is 11.3 Å². The molecule has 0 spiro atoms. The zero-order valence-corrected chi connectivity index (χ0v) is 11.2. The summed E-state index contributed by atoms with van der Waals surface area (Å²) in [5.74, 6) is 1.00. The molecule has 102 valence electrons. The van der Waals surface area contributed by atoms with Crippen molar-refractivity contribution in [3.05, 3.63) is 23.8 Å². The molecule has 1 aliphatic carbocycles. The SMILES string of the molecule is COc1ccc(O)c([C@@H](N)[C@@H](O)C2CCC2)c1.Cl. The molecule has 2 rings (SSSR count). The van der Waals surface area contributed by atoms with Crippen LogP contribution in [0.4, 0.5) is 0 Å². The van der Waals surface area contributed by atoms with Crippen LogP contribution in [0.5, 0.6) is 11.5 Å². The largest absolute Gasteiger partial charge is 0.508 e. The van der Waals surface area contributed by atoms with Crippen LogP contribution in [0.2, 0.25) is 0 Å².